The molecule has 0 saturated carbocycles. The summed E-state index contributed by atoms with van der Waals surface area (Å²) in [6.07, 6.45) is -0.0264. The van der Waals surface area contributed by atoms with Gasteiger partial charge in [0.2, 0.25) is 5.91 Å². The van der Waals surface area contributed by atoms with Crippen molar-refractivity contribution in [3.8, 4) is 0 Å². The Labute approximate surface area is 232 Å². The van der Waals surface area contributed by atoms with Crippen LogP contribution in [0, 0.1) is 6.92 Å². The molecule has 0 aromatic heterocycles. The molecule has 3 aromatic rings. The molecule has 1 amide bonds. The molecule has 0 heterocycles. The van der Waals surface area contributed by atoms with Crippen LogP contribution < -0.4 is 9.62 Å². The fourth-order valence-corrected chi connectivity index (χ4v) is 6.44. The molecule has 1 aliphatic carbocycles. The Morgan fingerprint density at radius 3 is 2.31 bits per heavy atom. The average Bonchev–Trinajstić information content (AvgIpc) is 2.90. The number of amides is 1. The number of hydrogen-bond acceptors (Lipinski definition) is 3. The Hall–Kier alpha value is -3.04. The SMILES string of the molecule is CC[C@@H](NC(=O)CN(c1ccc(Cl)c(C(F)(F)F)c1)S(=O)(=O)c1ccc(C)cc1)c1ccc2c(c1)CCCC2. The van der Waals surface area contributed by atoms with E-state index in [2.05, 4.69) is 17.4 Å². The largest absolute Gasteiger partial charge is 0.417 e. The van der Waals surface area contributed by atoms with Gasteiger partial charge < -0.3 is 5.32 Å². The zero-order valence-corrected chi connectivity index (χ0v) is 23.3. The van der Waals surface area contributed by atoms with Crippen molar-refractivity contribution >= 4 is 33.2 Å². The number of aryl methyl sites for hydroxylation is 3. The fourth-order valence-electron chi connectivity index (χ4n) is 4.80. The summed E-state index contributed by atoms with van der Waals surface area (Å²) in [5.41, 5.74) is 2.75. The highest BCUT2D eigenvalue weighted by Gasteiger charge is 2.35. The van der Waals surface area contributed by atoms with Crippen molar-refractivity contribution in [2.45, 2.75) is 63.1 Å². The van der Waals surface area contributed by atoms with Gasteiger partial charge in [-0.05, 0) is 86.1 Å². The van der Waals surface area contributed by atoms with E-state index in [4.69, 9.17) is 11.6 Å². The van der Waals surface area contributed by atoms with Gasteiger partial charge in [-0.15, -0.1) is 0 Å². The lowest BCUT2D eigenvalue weighted by Gasteiger charge is -2.27. The van der Waals surface area contributed by atoms with Crippen LogP contribution in [-0.2, 0) is 33.8 Å². The van der Waals surface area contributed by atoms with Crippen LogP contribution in [0.1, 0.15) is 60.0 Å². The molecule has 10 heteroatoms. The number of fused-ring (bicyclic) bond motifs is 1. The highest BCUT2D eigenvalue weighted by atomic mass is 35.5. The van der Waals surface area contributed by atoms with Gasteiger partial charge >= 0.3 is 6.18 Å². The molecule has 1 aliphatic rings. The summed E-state index contributed by atoms with van der Waals surface area (Å²) in [6, 6.07) is 14.4. The smallest absolute Gasteiger partial charge is 0.348 e. The number of alkyl halides is 3. The van der Waals surface area contributed by atoms with Gasteiger partial charge in [-0.25, -0.2) is 8.42 Å². The maximum absolute atomic E-state index is 13.6. The summed E-state index contributed by atoms with van der Waals surface area (Å²) in [4.78, 5) is 13.1. The summed E-state index contributed by atoms with van der Waals surface area (Å²) in [7, 11) is -4.40. The Morgan fingerprint density at radius 2 is 1.67 bits per heavy atom. The topological polar surface area (TPSA) is 66.5 Å². The van der Waals surface area contributed by atoms with E-state index in [1.165, 1.54) is 23.3 Å². The van der Waals surface area contributed by atoms with Crippen LogP contribution in [0.4, 0.5) is 18.9 Å². The summed E-state index contributed by atoms with van der Waals surface area (Å²) in [5.74, 6) is -0.640. The molecule has 39 heavy (non-hydrogen) atoms. The molecule has 0 saturated heterocycles. The molecule has 0 unspecified atom stereocenters. The molecule has 208 valence electrons. The lowest BCUT2D eigenvalue weighted by Crippen LogP contribution is -2.42. The highest BCUT2D eigenvalue weighted by Crippen LogP contribution is 2.38. The van der Waals surface area contributed by atoms with Crippen molar-refractivity contribution in [2.75, 3.05) is 10.8 Å². The monoisotopic (exact) mass is 578 g/mol. The molecular formula is C29H30ClF3N2O3S. The summed E-state index contributed by atoms with van der Waals surface area (Å²) in [5, 5.41) is 2.32. The van der Waals surface area contributed by atoms with E-state index in [9.17, 15) is 26.4 Å². The Kier molecular flexibility index (Phi) is 8.61. The second kappa shape index (κ2) is 11.6. The van der Waals surface area contributed by atoms with Crippen LogP contribution in [0.15, 0.2) is 65.6 Å². The summed E-state index contributed by atoms with van der Waals surface area (Å²) in [6.45, 7) is 2.97. The first-order chi connectivity index (χ1) is 18.4. The van der Waals surface area contributed by atoms with E-state index in [1.54, 1.807) is 19.1 Å². The predicted octanol–water partition coefficient (Wildman–Crippen LogP) is 7.01. The number of hydrogen-bond donors (Lipinski definition) is 1. The normalized spacial score (nSPS) is 14.4. The third-order valence-electron chi connectivity index (χ3n) is 6.96. The number of rotatable bonds is 8. The molecule has 0 aliphatic heterocycles. The highest BCUT2D eigenvalue weighted by molar-refractivity contribution is 7.92. The minimum Gasteiger partial charge on any atom is -0.348 e. The predicted molar refractivity (Wildman–Crippen MR) is 146 cm³/mol. The van der Waals surface area contributed by atoms with Crippen molar-refractivity contribution < 1.29 is 26.4 Å². The number of nitrogens with zero attached hydrogens (tertiary/aromatic N) is 1. The molecule has 1 N–H and O–H groups in total. The second-order valence-electron chi connectivity index (χ2n) is 9.75. The third kappa shape index (κ3) is 6.58. The molecule has 3 aromatic carbocycles. The first-order valence-electron chi connectivity index (χ1n) is 12.8. The van der Waals surface area contributed by atoms with Crippen molar-refractivity contribution in [1.82, 2.24) is 5.32 Å². The van der Waals surface area contributed by atoms with Gasteiger partial charge in [0.25, 0.3) is 10.0 Å². The Bertz CT molecular complexity index is 1460. The van der Waals surface area contributed by atoms with E-state index < -0.39 is 39.2 Å². The van der Waals surface area contributed by atoms with Gasteiger partial charge in [-0.1, -0.05) is 54.4 Å². The van der Waals surface area contributed by atoms with Gasteiger partial charge in [0.15, 0.2) is 0 Å². The first-order valence-corrected chi connectivity index (χ1v) is 14.6. The summed E-state index contributed by atoms with van der Waals surface area (Å²) >= 11 is 5.78. The van der Waals surface area contributed by atoms with Crippen molar-refractivity contribution in [3.05, 3.63) is 93.5 Å². The molecule has 0 radical (unpaired) electrons. The van der Waals surface area contributed by atoms with Gasteiger partial charge in [0.05, 0.1) is 27.2 Å². The maximum Gasteiger partial charge on any atom is 0.417 e. The van der Waals surface area contributed by atoms with E-state index >= 15 is 0 Å². The van der Waals surface area contributed by atoms with Crippen molar-refractivity contribution in [2.24, 2.45) is 0 Å². The van der Waals surface area contributed by atoms with Gasteiger partial charge in [-0.3, -0.25) is 9.10 Å². The van der Waals surface area contributed by atoms with Crippen LogP contribution in [0.5, 0.6) is 0 Å². The third-order valence-corrected chi connectivity index (χ3v) is 9.08. The number of nitrogens with one attached hydrogen (secondary N) is 1. The lowest BCUT2D eigenvalue weighted by molar-refractivity contribution is -0.137. The quantitative estimate of drug-likeness (QED) is 0.313. The van der Waals surface area contributed by atoms with Crippen LogP contribution in [0.25, 0.3) is 0 Å². The second-order valence-corrected chi connectivity index (χ2v) is 12.0. The fraction of sp³-hybridized carbons (Fsp3) is 0.345. The van der Waals surface area contributed by atoms with Crippen LogP contribution in [0.2, 0.25) is 5.02 Å². The van der Waals surface area contributed by atoms with Crippen molar-refractivity contribution in [1.29, 1.82) is 0 Å². The Balaban J connectivity index is 1.67. The number of anilines is 1. The van der Waals surface area contributed by atoms with Gasteiger partial charge in [-0.2, -0.15) is 13.2 Å². The average molecular weight is 579 g/mol. The summed E-state index contributed by atoms with van der Waals surface area (Å²) < 4.78 is 68.8. The molecule has 5 nitrogen and oxygen atoms in total. The van der Waals surface area contributed by atoms with E-state index in [0.717, 1.165) is 48.9 Å². The zero-order chi connectivity index (χ0) is 28.4. The molecule has 4 rings (SSSR count). The number of sulfonamides is 1. The lowest BCUT2D eigenvalue weighted by atomic mass is 9.89. The molecule has 0 spiro atoms. The maximum atomic E-state index is 13.6. The molecule has 1 atom stereocenters. The standard InChI is InChI=1S/C29H30ClF3N2O3S/c1-3-27(22-11-10-20-6-4-5-7-21(20)16-22)34-28(36)18-35(39(37,38)24-13-8-19(2)9-14-24)23-12-15-26(30)25(17-23)29(31,32)33/h8-17,27H,3-7,18H2,1-2H3,(H,34,36)/t27-/m1/s1. The van der Waals surface area contributed by atoms with Gasteiger partial charge in [0, 0.05) is 0 Å². The van der Waals surface area contributed by atoms with E-state index in [-0.39, 0.29) is 16.6 Å². The van der Waals surface area contributed by atoms with Crippen molar-refractivity contribution in [3.63, 3.8) is 0 Å². The number of halogens is 4. The van der Waals surface area contributed by atoms with Crippen LogP contribution >= 0.6 is 11.6 Å². The van der Waals surface area contributed by atoms with E-state index in [1.807, 2.05) is 13.0 Å². The van der Waals surface area contributed by atoms with Crippen LogP contribution in [-0.4, -0.2) is 20.9 Å². The van der Waals surface area contributed by atoms with Crippen LogP contribution in [0.3, 0.4) is 0 Å². The van der Waals surface area contributed by atoms with E-state index in [0.29, 0.717) is 16.8 Å². The molecule has 0 bridgehead atoms. The van der Waals surface area contributed by atoms with Gasteiger partial charge in [0.1, 0.15) is 6.54 Å². The number of carbonyl (C=O) groups excluding carboxylic acids is 1. The molecule has 0 fully saturated rings. The number of carbonyl (C=O) groups is 1. The minimum atomic E-state index is -4.81. The number of benzene rings is 3. The first kappa shape index (κ1) is 29.0. The molecular weight excluding hydrogens is 549 g/mol. The minimum absolute atomic E-state index is 0.147. The zero-order valence-electron chi connectivity index (χ0n) is 21.7. The Morgan fingerprint density at radius 1 is 1.00 bits per heavy atom.